The Labute approximate surface area is 231 Å². The average molecular weight is 512 g/mol. The van der Waals surface area contributed by atoms with Gasteiger partial charge in [0.25, 0.3) is 0 Å². The van der Waals surface area contributed by atoms with Crippen LogP contribution in [0.25, 0.3) is 11.1 Å². The van der Waals surface area contributed by atoms with E-state index in [0.29, 0.717) is 0 Å². The second-order valence-corrected chi connectivity index (χ2v) is 9.05. The van der Waals surface area contributed by atoms with Crippen LogP contribution in [0.1, 0.15) is 45.7 Å². The van der Waals surface area contributed by atoms with Crippen molar-refractivity contribution in [1.29, 1.82) is 0 Å². The molecule has 0 bridgehead atoms. The molecule has 3 nitrogen and oxygen atoms in total. The molecule has 0 aromatic heterocycles. The minimum Gasteiger partial charge on any atom is -0.372 e. The van der Waals surface area contributed by atoms with E-state index in [2.05, 4.69) is 30.9 Å². The lowest BCUT2D eigenvalue weighted by atomic mass is 9.99. The third-order valence-electron chi connectivity index (χ3n) is 6.58. The van der Waals surface area contributed by atoms with E-state index in [9.17, 15) is 9.59 Å². The zero-order valence-corrected chi connectivity index (χ0v) is 22.5. The highest BCUT2D eigenvalue weighted by atomic mass is 16.1. The monoisotopic (exact) mass is 511 g/mol. The first-order chi connectivity index (χ1) is 19.1. The SMILES string of the molecule is CCN(CC)c1ccc(C(=O)c2ccccc2)cc1.O=C(c1ccccc1)c1ccc(-c2ccccc2)cc1. The minimum atomic E-state index is 0.0604. The van der Waals surface area contributed by atoms with Crippen molar-refractivity contribution in [1.82, 2.24) is 0 Å². The molecule has 5 aromatic rings. The number of carbonyl (C=O) groups is 2. The van der Waals surface area contributed by atoms with Gasteiger partial charge in [-0.3, -0.25) is 9.59 Å². The summed E-state index contributed by atoms with van der Waals surface area (Å²) in [7, 11) is 0. The fourth-order valence-corrected chi connectivity index (χ4v) is 4.37. The van der Waals surface area contributed by atoms with Crippen molar-refractivity contribution in [2.75, 3.05) is 18.0 Å². The first kappa shape index (κ1) is 27.3. The van der Waals surface area contributed by atoms with Crippen LogP contribution < -0.4 is 4.90 Å². The lowest BCUT2D eigenvalue weighted by Crippen LogP contribution is -2.21. The van der Waals surface area contributed by atoms with Crippen molar-refractivity contribution in [3.63, 3.8) is 0 Å². The zero-order chi connectivity index (χ0) is 27.5. The van der Waals surface area contributed by atoms with E-state index in [0.717, 1.165) is 52.2 Å². The van der Waals surface area contributed by atoms with Gasteiger partial charge in [-0.1, -0.05) is 115 Å². The van der Waals surface area contributed by atoms with Crippen molar-refractivity contribution in [2.24, 2.45) is 0 Å². The standard InChI is InChI=1S/C19H14O.C17H19NO/c20-19(17-9-5-2-6-10-17)18-13-11-16(12-14-18)15-7-3-1-4-8-15;1-3-18(4-2)16-12-10-15(11-13-16)17(19)14-8-6-5-7-9-14/h1-14H;5-13H,3-4H2,1-2H3. The second kappa shape index (κ2) is 13.7. The van der Waals surface area contributed by atoms with Crippen molar-refractivity contribution < 1.29 is 9.59 Å². The van der Waals surface area contributed by atoms with E-state index in [1.165, 1.54) is 0 Å². The Kier molecular flexibility index (Phi) is 9.57. The topological polar surface area (TPSA) is 37.4 Å². The molecule has 0 radical (unpaired) electrons. The molecular weight excluding hydrogens is 478 g/mol. The number of rotatable bonds is 8. The summed E-state index contributed by atoms with van der Waals surface area (Å²) < 4.78 is 0. The van der Waals surface area contributed by atoms with Gasteiger partial charge in [-0.25, -0.2) is 0 Å². The molecule has 0 aliphatic heterocycles. The van der Waals surface area contributed by atoms with Crippen LogP contribution in [0.4, 0.5) is 5.69 Å². The van der Waals surface area contributed by atoms with Crippen LogP contribution >= 0.6 is 0 Å². The van der Waals surface area contributed by atoms with Gasteiger partial charge in [0.05, 0.1) is 0 Å². The summed E-state index contributed by atoms with van der Waals surface area (Å²) in [5.74, 6) is 0.136. The van der Waals surface area contributed by atoms with Crippen LogP contribution in [0.3, 0.4) is 0 Å². The summed E-state index contributed by atoms with van der Waals surface area (Å²) >= 11 is 0. The Morgan fingerprint density at radius 3 is 1.18 bits per heavy atom. The molecule has 0 unspecified atom stereocenters. The van der Waals surface area contributed by atoms with Crippen molar-refractivity contribution in [3.05, 3.63) is 162 Å². The molecular formula is C36H33NO2. The van der Waals surface area contributed by atoms with Crippen LogP contribution in [0, 0.1) is 0 Å². The third kappa shape index (κ3) is 7.18. The molecule has 5 rings (SSSR count). The molecule has 0 saturated carbocycles. The van der Waals surface area contributed by atoms with Crippen LogP contribution in [0.15, 0.2) is 140 Å². The Hall–Kier alpha value is -4.76. The van der Waals surface area contributed by atoms with E-state index in [-0.39, 0.29) is 11.6 Å². The summed E-state index contributed by atoms with van der Waals surface area (Å²) in [4.78, 5) is 26.8. The van der Waals surface area contributed by atoms with E-state index >= 15 is 0 Å². The minimum absolute atomic E-state index is 0.0604. The number of benzene rings is 5. The highest BCUT2D eigenvalue weighted by Crippen LogP contribution is 2.20. The highest BCUT2D eigenvalue weighted by Gasteiger charge is 2.10. The van der Waals surface area contributed by atoms with E-state index < -0.39 is 0 Å². The first-order valence-electron chi connectivity index (χ1n) is 13.3. The lowest BCUT2D eigenvalue weighted by molar-refractivity contribution is 0.103. The first-order valence-corrected chi connectivity index (χ1v) is 13.3. The lowest BCUT2D eigenvalue weighted by Gasteiger charge is -2.21. The number of carbonyl (C=O) groups excluding carboxylic acids is 2. The second-order valence-electron chi connectivity index (χ2n) is 9.05. The maximum Gasteiger partial charge on any atom is 0.193 e. The normalized spacial score (nSPS) is 10.2. The van der Waals surface area contributed by atoms with Crippen LogP contribution in [0.2, 0.25) is 0 Å². The fraction of sp³-hybridized carbons (Fsp3) is 0.111. The summed E-state index contributed by atoms with van der Waals surface area (Å²) in [6.07, 6.45) is 0. The van der Waals surface area contributed by atoms with E-state index in [1.807, 2.05) is 127 Å². The smallest absolute Gasteiger partial charge is 0.193 e. The van der Waals surface area contributed by atoms with E-state index in [4.69, 9.17) is 0 Å². The molecule has 3 heteroatoms. The van der Waals surface area contributed by atoms with E-state index in [1.54, 1.807) is 0 Å². The summed E-state index contributed by atoms with van der Waals surface area (Å²) in [5.41, 5.74) is 6.35. The van der Waals surface area contributed by atoms with Gasteiger partial charge >= 0.3 is 0 Å². The van der Waals surface area contributed by atoms with Gasteiger partial charge in [-0.05, 0) is 49.2 Å². The summed E-state index contributed by atoms with van der Waals surface area (Å²) in [6.45, 7) is 6.21. The van der Waals surface area contributed by atoms with Crippen LogP contribution in [-0.4, -0.2) is 24.7 Å². The predicted molar refractivity (Wildman–Crippen MR) is 162 cm³/mol. The molecule has 0 N–H and O–H groups in total. The molecule has 194 valence electrons. The Morgan fingerprint density at radius 2 is 0.769 bits per heavy atom. The number of hydrogen-bond donors (Lipinski definition) is 0. The van der Waals surface area contributed by atoms with Crippen LogP contribution in [-0.2, 0) is 0 Å². The molecule has 5 aromatic carbocycles. The van der Waals surface area contributed by atoms with Crippen molar-refractivity contribution in [2.45, 2.75) is 13.8 Å². The molecule has 0 atom stereocenters. The van der Waals surface area contributed by atoms with Gasteiger partial charge in [-0.2, -0.15) is 0 Å². The highest BCUT2D eigenvalue weighted by molar-refractivity contribution is 6.09. The van der Waals surface area contributed by atoms with Crippen molar-refractivity contribution >= 4 is 17.3 Å². The zero-order valence-electron chi connectivity index (χ0n) is 22.5. The molecule has 0 aliphatic rings. The predicted octanol–water partition coefficient (Wildman–Crippen LogP) is 8.35. The number of anilines is 1. The van der Waals surface area contributed by atoms with Gasteiger partial charge in [0, 0.05) is 41.0 Å². The summed E-state index contributed by atoms with van der Waals surface area (Å²) in [5, 5.41) is 0. The number of nitrogens with zero attached hydrogens (tertiary/aromatic N) is 1. The molecule has 0 fully saturated rings. The maximum atomic E-state index is 12.3. The number of hydrogen-bond acceptors (Lipinski definition) is 3. The fourth-order valence-electron chi connectivity index (χ4n) is 4.37. The van der Waals surface area contributed by atoms with Crippen molar-refractivity contribution in [3.8, 4) is 11.1 Å². The third-order valence-corrected chi connectivity index (χ3v) is 6.58. The summed E-state index contributed by atoms with van der Waals surface area (Å²) in [6, 6.07) is 44.5. The van der Waals surface area contributed by atoms with Gasteiger partial charge in [-0.15, -0.1) is 0 Å². The largest absolute Gasteiger partial charge is 0.372 e. The quantitative estimate of drug-likeness (QED) is 0.196. The van der Waals surface area contributed by atoms with Gasteiger partial charge in [0.15, 0.2) is 11.6 Å². The molecule has 39 heavy (non-hydrogen) atoms. The molecule has 0 heterocycles. The van der Waals surface area contributed by atoms with Gasteiger partial charge in [0.1, 0.15) is 0 Å². The van der Waals surface area contributed by atoms with Gasteiger partial charge in [0.2, 0.25) is 0 Å². The molecule has 0 spiro atoms. The molecule has 0 saturated heterocycles. The molecule has 0 amide bonds. The van der Waals surface area contributed by atoms with Crippen LogP contribution in [0.5, 0.6) is 0 Å². The number of ketones is 2. The molecule has 0 aliphatic carbocycles. The van der Waals surface area contributed by atoms with Gasteiger partial charge < -0.3 is 4.90 Å². The Morgan fingerprint density at radius 1 is 0.436 bits per heavy atom. The average Bonchev–Trinajstić information content (AvgIpc) is 3.03. The maximum absolute atomic E-state index is 12.3. The Bertz CT molecular complexity index is 1460. The Balaban J connectivity index is 0.000000181.